The molecule has 0 rings (SSSR count). The second-order valence-electron chi connectivity index (χ2n) is 8.87. The number of aliphatic hydroxyl groups excluding tert-OH is 1. The number of unbranched alkanes of at least 4 members (excludes halogenated alkanes) is 13. The van der Waals surface area contributed by atoms with Gasteiger partial charge in [-0.15, -0.1) is 0 Å². The molecule has 1 N–H and O–H groups in total. The van der Waals surface area contributed by atoms with E-state index in [9.17, 15) is 18.1 Å². The van der Waals surface area contributed by atoms with Gasteiger partial charge in [-0.2, -0.15) is 0 Å². The number of aliphatic hydroxyl groups is 1. The van der Waals surface area contributed by atoms with E-state index in [-0.39, 0.29) is 35.7 Å². The van der Waals surface area contributed by atoms with Crippen LogP contribution in [-0.2, 0) is 10.1 Å². The van der Waals surface area contributed by atoms with E-state index < -0.39 is 15.4 Å². The Hall–Kier alpha value is 0.870. The average Bonchev–Trinajstić information content (AvgIpc) is 2.66. The average molecular weight is 457 g/mol. The van der Waals surface area contributed by atoms with Crippen molar-refractivity contribution in [3.05, 3.63) is 0 Å². The van der Waals surface area contributed by atoms with Gasteiger partial charge in [-0.25, -0.2) is 8.42 Å². The van der Waals surface area contributed by atoms with Crippen molar-refractivity contribution in [2.45, 2.75) is 154 Å². The Morgan fingerprint density at radius 2 is 0.967 bits per heavy atom. The minimum atomic E-state index is -4.17. The van der Waals surface area contributed by atoms with Gasteiger partial charge in [0.05, 0.1) is 16.2 Å². The first-order valence-corrected chi connectivity index (χ1v) is 14.0. The number of hydrogen-bond donors (Lipinski definition) is 1. The zero-order valence-corrected chi connectivity index (χ0v) is 23.2. The number of rotatable bonds is 22. The molecule has 0 fully saturated rings. The fraction of sp³-hybridized carbons (Fsp3) is 1.00. The Bertz CT molecular complexity index is 442. The maximum absolute atomic E-state index is 11.5. The molecule has 0 aliphatic rings. The van der Waals surface area contributed by atoms with E-state index in [1.165, 1.54) is 38.5 Å². The van der Waals surface area contributed by atoms with E-state index in [4.69, 9.17) is 0 Å². The monoisotopic (exact) mass is 456 g/mol. The van der Waals surface area contributed by atoms with Crippen molar-refractivity contribution in [1.29, 1.82) is 0 Å². The second kappa shape index (κ2) is 23.0. The molecule has 4 nitrogen and oxygen atoms in total. The van der Waals surface area contributed by atoms with E-state index in [2.05, 4.69) is 13.8 Å². The van der Waals surface area contributed by atoms with Gasteiger partial charge in [0.25, 0.3) is 0 Å². The predicted octanol–water partition coefficient (Wildman–Crippen LogP) is 4.11. The summed E-state index contributed by atoms with van der Waals surface area (Å²) in [6, 6.07) is 0. The van der Waals surface area contributed by atoms with Crippen molar-refractivity contribution in [1.82, 2.24) is 0 Å². The molecule has 2 atom stereocenters. The van der Waals surface area contributed by atoms with Crippen LogP contribution in [0, 0.1) is 0 Å². The second-order valence-corrected chi connectivity index (χ2v) is 10.5. The zero-order valence-electron chi connectivity index (χ0n) is 20.4. The van der Waals surface area contributed by atoms with Gasteiger partial charge in [-0.1, -0.05) is 117 Å². The molecule has 30 heavy (non-hydrogen) atoms. The first-order chi connectivity index (χ1) is 13.9. The molecule has 0 aliphatic heterocycles. The van der Waals surface area contributed by atoms with Gasteiger partial charge in [0, 0.05) is 5.25 Å². The molecule has 0 spiro atoms. The summed E-state index contributed by atoms with van der Waals surface area (Å²) >= 11 is 0. The first-order valence-electron chi connectivity index (χ1n) is 12.5. The summed E-state index contributed by atoms with van der Waals surface area (Å²) in [5, 5.41) is 9.02. The Balaban J connectivity index is 0. The molecule has 0 aromatic rings. The molecule has 0 bridgehead atoms. The third kappa shape index (κ3) is 22.1. The number of hydrogen-bond acceptors (Lipinski definition) is 4. The van der Waals surface area contributed by atoms with E-state index in [0.29, 0.717) is 12.8 Å². The van der Waals surface area contributed by atoms with Crippen molar-refractivity contribution in [3.63, 3.8) is 0 Å². The fourth-order valence-corrected chi connectivity index (χ4v) is 4.96. The Labute approximate surface area is 210 Å². The van der Waals surface area contributed by atoms with Gasteiger partial charge in [-0.05, 0) is 25.7 Å². The fourth-order valence-electron chi connectivity index (χ4n) is 4.05. The van der Waals surface area contributed by atoms with Crippen molar-refractivity contribution in [2.24, 2.45) is 0 Å². The van der Waals surface area contributed by atoms with Crippen LogP contribution in [0.2, 0.25) is 0 Å². The maximum Gasteiger partial charge on any atom is 1.00 e. The molecule has 0 radical (unpaired) electrons. The zero-order chi connectivity index (χ0) is 21.8. The van der Waals surface area contributed by atoms with Crippen molar-refractivity contribution < 1.29 is 47.6 Å². The van der Waals surface area contributed by atoms with Crippen LogP contribution in [0.1, 0.15) is 142 Å². The minimum absolute atomic E-state index is 0. The van der Waals surface area contributed by atoms with Crippen LogP contribution in [0.3, 0.4) is 0 Å². The first kappa shape index (κ1) is 33.0. The summed E-state index contributed by atoms with van der Waals surface area (Å²) in [7, 11) is -4.17. The SMILES string of the molecule is CCCCCCCCCCCC(CCCCCCCCC(O)CCC)S(=O)(=O)[O-].[Na+]. The molecule has 0 saturated heterocycles. The van der Waals surface area contributed by atoms with E-state index in [1.807, 2.05) is 0 Å². The summed E-state index contributed by atoms with van der Waals surface area (Å²) < 4.78 is 34.6. The van der Waals surface area contributed by atoms with Gasteiger partial charge in [-0.3, -0.25) is 0 Å². The molecule has 0 heterocycles. The topological polar surface area (TPSA) is 77.4 Å². The largest absolute Gasteiger partial charge is 1.00 e. The van der Waals surface area contributed by atoms with Crippen LogP contribution in [0.5, 0.6) is 0 Å². The van der Waals surface area contributed by atoms with Crippen molar-refractivity contribution in [2.75, 3.05) is 0 Å². The van der Waals surface area contributed by atoms with Gasteiger partial charge in [0.15, 0.2) is 0 Å². The molecule has 0 aromatic heterocycles. The Morgan fingerprint density at radius 1 is 0.600 bits per heavy atom. The van der Waals surface area contributed by atoms with Crippen molar-refractivity contribution >= 4 is 10.1 Å². The molecule has 2 unspecified atom stereocenters. The molecule has 176 valence electrons. The predicted molar refractivity (Wildman–Crippen MR) is 123 cm³/mol. The maximum atomic E-state index is 11.5. The van der Waals surface area contributed by atoms with Crippen LogP contribution in [0.4, 0.5) is 0 Å². The molecule has 0 aromatic carbocycles. The molecule has 6 heteroatoms. The van der Waals surface area contributed by atoms with Crippen LogP contribution in [0.15, 0.2) is 0 Å². The summed E-state index contributed by atoms with van der Waals surface area (Å²) in [4.78, 5) is 0. The van der Waals surface area contributed by atoms with Crippen molar-refractivity contribution in [3.8, 4) is 0 Å². The van der Waals surface area contributed by atoms with Crippen LogP contribution in [-0.4, -0.2) is 29.4 Å². The molecule has 0 saturated carbocycles. The van der Waals surface area contributed by atoms with E-state index in [1.54, 1.807) is 0 Å². The standard InChI is InChI=1S/C24H50O4S.Na/c1-3-5-6-7-8-9-10-14-17-21-24(29(26,27)28)22-18-15-12-11-13-16-20-23(25)19-4-2;/h23-25H,3-22H2,1-2H3,(H,26,27,28);/q;+1/p-1. The minimum Gasteiger partial charge on any atom is -0.748 e. The van der Waals surface area contributed by atoms with E-state index >= 15 is 0 Å². The Morgan fingerprint density at radius 3 is 1.33 bits per heavy atom. The molecular formula is C24H49NaO4S. The van der Waals surface area contributed by atoms with Gasteiger partial charge >= 0.3 is 29.6 Å². The van der Waals surface area contributed by atoms with Crippen LogP contribution < -0.4 is 29.6 Å². The molecule has 0 aliphatic carbocycles. The van der Waals surface area contributed by atoms with E-state index in [0.717, 1.165) is 77.0 Å². The Kier molecular flexibility index (Phi) is 25.4. The van der Waals surface area contributed by atoms with Gasteiger partial charge in [0.1, 0.15) is 0 Å². The summed E-state index contributed by atoms with van der Waals surface area (Å²) in [5.74, 6) is 0. The third-order valence-corrected chi connectivity index (χ3v) is 7.26. The molecule has 0 amide bonds. The normalized spacial score (nSPS) is 13.7. The van der Waals surface area contributed by atoms with Crippen LogP contribution >= 0.6 is 0 Å². The van der Waals surface area contributed by atoms with Gasteiger partial charge in [0.2, 0.25) is 0 Å². The third-order valence-electron chi connectivity index (χ3n) is 5.97. The summed E-state index contributed by atoms with van der Waals surface area (Å²) in [6.07, 6.45) is 20.8. The van der Waals surface area contributed by atoms with Gasteiger partial charge < -0.3 is 9.66 Å². The molecular weight excluding hydrogens is 407 g/mol. The summed E-state index contributed by atoms with van der Waals surface area (Å²) in [5.41, 5.74) is 0. The summed E-state index contributed by atoms with van der Waals surface area (Å²) in [6.45, 7) is 4.32. The quantitative estimate of drug-likeness (QED) is 0.151. The smallest absolute Gasteiger partial charge is 0.748 e. The van der Waals surface area contributed by atoms with Crippen LogP contribution in [0.25, 0.3) is 0 Å².